The largest absolute Gasteiger partial charge is 0.321 e. The van der Waals surface area contributed by atoms with E-state index in [9.17, 15) is 17.6 Å². The van der Waals surface area contributed by atoms with Crippen molar-refractivity contribution in [1.29, 1.82) is 0 Å². The van der Waals surface area contributed by atoms with Crippen LogP contribution in [0, 0.1) is 5.82 Å². The van der Waals surface area contributed by atoms with Gasteiger partial charge in [0.05, 0.1) is 24.2 Å². The third kappa shape index (κ3) is 5.21. The van der Waals surface area contributed by atoms with Crippen LogP contribution in [0.5, 0.6) is 0 Å². The van der Waals surface area contributed by atoms with Crippen molar-refractivity contribution in [2.75, 3.05) is 15.9 Å². The molecule has 0 atom stereocenters. The molecule has 3 aromatic rings. The third-order valence-electron chi connectivity index (χ3n) is 4.21. The number of nitrogens with one attached hydrogen (secondary N) is 1. The molecule has 0 aromatic heterocycles. The summed E-state index contributed by atoms with van der Waals surface area (Å²) in [5.74, 6) is -0.811. The van der Waals surface area contributed by atoms with Gasteiger partial charge in [-0.2, -0.15) is 0 Å². The van der Waals surface area contributed by atoms with Crippen molar-refractivity contribution in [3.05, 3.63) is 94.2 Å². The Morgan fingerprint density at radius 3 is 2.24 bits per heavy atom. The van der Waals surface area contributed by atoms with E-state index in [0.29, 0.717) is 16.9 Å². The second-order valence-electron chi connectivity index (χ2n) is 6.34. The van der Waals surface area contributed by atoms with Gasteiger partial charge >= 0.3 is 0 Å². The third-order valence-corrected chi connectivity index (χ3v) is 6.04. The van der Waals surface area contributed by atoms with Crippen molar-refractivity contribution in [1.82, 2.24) is 0 Å². The van der Waals surface area contributed by atoms with Gasteiger partial charge in [-0.15, -0.1) is 0 Å². The molecule has 0 saturated carbocycles. The van der Waals surface area contributed by atoms with E-state index in [2.05, 4.69) is 21.2 Å². The Morgan fingerprint density at radius 1 is 1.00 bits per heavy atom. The van der Waals surface area contributed by atoms with E-state index in [4.69, 9.17) is 0 Å². The Hall–Kier alpha value is -2.71. The van der Waals surface area contributed by atoms with Gasteiger partial charge in [-0.25, -0.2) is 12.8 Å². The van der Waals surface area contributed by atoms with Crippen LogP contribution in [0.1, 0.15) is 15.9 Å². The molecule has 8 heteroatoms. The summed E-state index contributed by atoms with van der Waals surface area (Å²) in [5, 5.41) is 2.79. The first-order chi connectivity index (χ1) is 13.8. The van der Waals surface area contributed by atoms with Crippen LogP contribution in [0.3, 0.4) is 0 Å². The molecule has 0 bridgehead atoms. The second-order valence-corrected chi connectivity index (χ2v) is 9.10. The van der Waals surface area contributed by atoms with E-state index in [0.717, 1.165) is 15.0 Å². The average molecular weight is 477 g/mol. The number of benzene rings is 3. The molecule has 0 radical (unpaired) electrons. The van der Waals surface area contributed by atoms with Gasteiger partial charge in [-0.05, 0) is 58.4 Å². The molecule has 0 aliphatic carbocycles. The SMILES string of the molecule is CS(=O)(=O)N(Cc1ccccc1F)c1ccc(C(=O)Nc2ccccc2Br)cc1. The molecule has 0 unspecified atom stereocenters. The minimum absolute atomic E-state index is 0.145. The van der Waals surface area contributed by atoms with Crippen molar-refractivity contribution in [3.8, 4) is 0 Å². The Morgan fingerprint density at radius 2 is 1.62 bits per heavy atom. The van der Waals surface area contributed by atoms with Gasteiger partial charge in [0.15, 0.2) is 0 Å². The van der Waals surface area contributed by atoms with Crippen LogP contribution in [-0.4, -0.2) is 20.6 Å². The van der Waals surface area contributed by atoms with E-state index >= 15 is 0 Å². The quantitative estimate of drug-likeness (QED) is 0.555. The first kappa shape index (κ1) is 21.0. The highest BCUT2D eigenvalue weighted by atomic mass is 79.9. The van der Waals surface area contributed by atoms with Gasteiger partial charge < -0.3 is 5.32 Å². The highest BCUT2D eigenvalue weighted by Crippen LogP contribution is 2.24. The number of rotatable bonds is 6. The van der Waals surface area contributed by atoms with E-state index in [1.165, 1.54) is 36.4 Å². The number of amides is 1. The number of carbonyl (C=O) groups excluding carboxylic acids is 1. The maximum absolute atomic E-state index is 14.0. The molecule has 1 N–H and O–H groups in total. The molecule has 5 nitrogen and oxygen atoms in total. The van der Waals surface area contributed by atoms with Gasteiger partial charge in [0.25, 0.3) is 5.91 Å². The molecule has 0 heterocycles. The van der Waals surface area contributed by atoms with E-state index in [1.807, 2.05) is 12.1 Å². The number of carbonyl (C=O) groups is 1. The van der Waals surface area contributed by atoms with Gasteiger partial charge in [-0.1, -0.05) is 30.3 Å². The van der Waals surface area contributed by atoms with Crippen LogP contribution in [0.2, 0.25) is 0 Å². The first-order valence-electron chi connectivity index (χ1n) is 8.63. The van der Waals surface area contributed by atoms with Gasteiger partial charge in [0, 0.05) is 15.6 Å². The number of halogens is 2. The van der Waals surface area contributed by atoms with E-state index in [-0.39, 0.29) is 18.0 Å². The molecule has 0 spiro atoms. The lowest BCUT2D eigenvalue weighted by molar-refractivity contribution is 0.102. The Bertz CT molecular complexity index is 1130. The summed E-state index contributed by atoms with van der Waals surface area (Å²) in [6, 6.07) is 19.3. The van der Waals surface area contributed by atoms with Crippen molar-refractivity contribution in [3.63, 3.8) is 0 Å². The maximum atomic E-state index is 14.0. The molecule has 0 saturated heterocycles. The lowest BCUT2D eigenvalue weighted by atomic mass is 10.1. The van der Waals surface area contributed by atoms with Crippen molar-refractivity contribution >= 4 is 43.2 Å². The predicted molar refractivity (Wildman–Crippen MR) is 116 cm³/mol. The number of hydrogen-bond acceptors (Lipinski definition) is 3. The van der Waals surface area contributed by atoms with Crippen LogP contribution in [0.15, 0.2) is 77.3 Å². The zero-order valence-corrected chi connectivity index (χ0v) is 17.9. The average Bonchev–Trinajstić information content (AvgIpc) is 2.68. The summed E-state index contributed by atoms with van der Waals surface area (Å²) >= 11 is 3.37. The fourth-order valence-corrected chi connectivity index (χ4v) is 3.98. The first-order valence-corrected chi connectivity index (χ1v) is 11.3. The number of para-hydroxylation sites is 1. The Balaban J connectivity index is 1.83. The summed E-state index contributed by atoms with van der Waals surface area (Å²) in [6.45, 7) is -0.145. The van der Waals surface area contributed by atoms with Crippen LogP contribution >= 0.6 is 15.9 Å². The van der Waals surface area contributed by atoms with Crippen LogP contribution in [0.4, 0.5) is 15.8 Å². The van der Waals surface area contributed by atoms with Crippen molar-refractivity contribution in [2.24, 2.45) is 0 Å². The summed E-state index contributed by atoms with van der Waals surface area (Å²) in [4.78, 5) is 12.5. The number of nitrogens with zero attached hydrogens (tertiary/aromatic N) is 1. The molecule has 3 rings (SSSR count). The Labute approximate surface area is 177 Å². The smallest absolute Gasteiger partial charge is 0.255 e. The van der Waals surface area contributed by atoms with Crippen LogP contribution < -0.4 is 9.62 Å². The van der Waals surface area contributed by atoms with Crippen molar-refractivity contribution < 1.29 is 17.6 Å². The summed E-state index contributed by atoms with van der Waals surface area (Å²) in [6.07, 6.45) is 1.06. The summed E-state index contributed by atoms with van der Waals surface area (Å²) < 4.78 is 40.4. The maximum Gasteiger partial charge on any atom is 0.255 e. The topological polar surface area (TPSA) is 66.5 Å². The lowest BCUT2D eigenvalue weighted by Crippen LogP contribution is -2.29. The fourth-order valence-electron chi connectivity index (χ4n) is 2.72. The number of sulfonamides is 1. The van der Waals surface area contributed by atoms with Gasteiger partial charge in [0.1, 0.15) is 5.82 Å². The van der Waals surface area contributed by atoms with Gasteiger partial charge in [0.2, 0.25) is 10.0 Å². The van der Waals surface area contributed by atoms with Crippen LogP contribution in [0.25, 0.3) is 0 Å². The standard InChI is InChI=1S/C21H18BrFN2O3S/c1-29(27,28)25(14-16-6-2-4-8-19(16)23)17-12-10-15(11-13-17)21(26)24-20-9-5-3-7-18(20)22/h2-13H,14H2,1H3,(H,24,26). The second kappa shape index (κ2) is 8.75. The molecule has 0 aliphatic heterocycles. The van der Waals surface area contributed by atoms with Crippen LogP contribution in [-0.2, 0) is 16.6 Å². The normalized spacial score (nSPS) is 11.1. The number of hydrogen-bond donors (Lipinski definition) is 1. The van der Waals surface area contributed by atoms with E-state index in [1.54, 1.807) is 24.3 Å². The molecule has 0 fully saturated rings. The molecule has 150 valence electrons. The molecule has 1 amide bonds. The molecule has 3 aromatic carbocycles. The zero-order valence-electron chi connectivity index (χ0n) is 15.5. The molecule has 0 aliphatic rings. The highest BCUT2D eigenvalue weighted by molar-refractivity contribution is 9.10. The van der Waals surface area contributed by atoms with E-state index < -0.39 is 15.8 Å². The molecular formula is C21H18BrFN2O3S. The minimum Gasteiger partial charge on any atom is -0.321 e. The molecular weight excluding hydrogens is 459 g/mol. The number of anilines is 2. The predicted octanol–water partition coefficient (Wildman–Crippen LogP) is 4.81. The minimum atomic E-state index is -3.66. The summed E-state index contributed by atoms with van der Waals surface area (Å²) in [7, 11) is -3.66. The summed E-state index contributed by atoms with van der Waals surface area (Å²) in [5.41, 5.74) is 1.59. The Kier molecular flexibility index (Phi) is 6.34. The monoisotopic (exact) mass is 476 g/mol. The highest BCUT2D eigenvalue weighted by Gasteiger charge is 2.20. The lowest BCUT2D eigenvalue weighted by Gasteiger charge is -2.23. The molecule has 29 heavy (non-hydrogen) atoms. The van der Waals surface area contributed by atoms with Gasteiger partial charge in [-0.3, -0.25) is 9.10 Å². The fraction of sp³-hybridized carbons (Fsp3) is 0.0952. The van der Waals surface area contributed by atoms with Crippen molar-refractivity contribution in [2.45, 2.75) is 6.54 Å². The zero-order chi connectivity index (χ0) is 21.0.